The molecule has 0 atom stereocenters. The lowest BCUT2D eigenvalue weighted by molar-refractivity contribution is -0.385. The van der Waals surface area contributed by atoms with Gasteiger partial charge in [0.1, 0.15) is 6.61 Å². The highest BCUT2D eigenvalue weighted by Crippen LogP contribution is 2.38. The maximum atomic E-state index is 13.4. The van der Waals surface area contributed by atoms with Crippen LogP contribution in [0.4, 0.5) is 5.69 Å². The quantitative estimate of drug-likeness (QED) is 0.346. The van der Waals surface area contributed by atoms with E-state index in [1.54, 1.807) is 18.2 Å². The SMILES string of the molecule is COc1cc(C(=O)N(CCN)Cc2cc3c(cc2[N+](=O)[O-])OCO3)ccc1OCc1ccccc1. The van der Waals surface area contributed by atoms with Crippen molar-refractivity contribution in [3.63, 3.8) is 0 Å². The number of carbonyl (C=O) groups is 1. The average molecular weight is 479 g/mol. The number of carbonyl (C=O) groups excluding carboxylic acids is 1. The monoisotopic (exact) mass is 479 g/mol. The van der Waals surface area contributed by atoms with Crippen molar-refractivity contribution in [3.05, 3.63) is 87.5 Å². The number of amides is 1. The van der Waals surface area contributed by atoms with Crippen LogP contribution >= 0.6 is 0 Å². The van der Waals surface area contributed by atoms with Gasteiger partial charge in [-0.25, -0.2) is 0 Å². The molecule has 0 aromatic heterocycles. The Kier molecular flexibility index (Phi) is 7.32. The van der Waals surface area contributed by atoms with E-state index in [0.29, 0.717) is 40.7 Å². The molecule has 0 saturated carbocycles. The van der Waals surface area contributed by atoms with Crippen molar-refractivity contribution in [3.8, 4) is 23.0 Å². The summed E-state index contributed by atoms with van der Waals surface area (Å²) in [7, 11) is 1.49. The van der Waals surface area contributed by atoms with E-state index in [4.69, 9.17) is 24.7 Å². The van der Waals surface area contributed by atoms with Gasteiger partial charge in [-0.1, -0.05) is 30.3 Å². The van der Waals surface area contributed by atoms with Crippen molar-refractivity contribution in [2.75, 3.05) is 27.0 Å². The minimum Gasteiger partial charge on any atom is -0.493 e. The van der Waals surface area contributed by atoms with Gasteiger partial charge in [0, 0.05) is 18.7 Å². The summed E-state index contributed by atoms with van der Waals surface area (Å²) in [6.07, 6.45) is 0. The molecule has 10 nitrogen and oxygen atoms in total. The third-order valence-electron chi connectivity index (χ3n) is 5.47. The van der Waals surface area contributed by atoms with Gasteiger partial charge >= 0.3 is 0 Å². The summed E-state index contributed by atoms with van der Waals surface area (Å²) in [5.74, 6) is 1.23. The van der Waals surface area contributed by atoms with Gasteiger partial charge in [0.05, 0.1) is 30.2 Å². The first-order valence-corrected chi connectivity index (χ1v) is 10.9. The van der Waals surface area contributed by atoms with Crippen molar-refractivity contribution in [1.29, 1.82) is 0 Å². The summed E-state index contributed by atoms with van der Waals surface area (Å²) in [4.78, 5) is 25.9. The summed E-state index contributed by atoms with van der Waals surface area (Å²) < 4.78 is 21.9. The van der Waals surface area contributed by atoms with Gasteiger partial charge in [0.25, 0.3) is 11.6 Å². The van der Waals surface area contributed by atoms with Crippen LogP contribution in [0.1, 0.15) is 21.5 Å². The summed E-state index contributed by atoms with van der Waals surface area (Å²) in [5, 5.41) is 11.6. The fourth-order valence-corrected chi connectivity index (χ4v) is 3.72. The topological polar surface area (TPSA) is 126 Å². The number of hydrogen-bond acceptors (Lipinski definition) is 8. The normalized spacial score (nSPS) is 11.7. The first kappa shape index (κ1) is 23.8. The van der Waals surface area contributed by atoms with E-state index < -0.39 is 4.92 Å². The number of hydrogen-bond donors (Lipinski definition) is 1. The van der Waals surface area contributed by atoms with Crippen molar-refractivity contribution >= 4 is 11.6 Å². The first-order valence-electron chi connectivity index (χ1n) is 10.9. The van der Waals surface area contributed by atoms with Gasteiger partial charge in [-0.2, -0.15) is 0 Å². The lowest BCUT2D eigenvalue weighted by Crippen LogP contribution is -2.35. The average Bonchev–Trinajstić information content (AvgIpc) is 3.34. The molecule has 0 bridgehead atoms. The Labute approximate surface area is 201 Å². The molecule has 4 rings (SSSR count). The highest BCUT2D eigenvalue weighted by Gasteiger charge is 2.26. The zero-order valence-electron chi connectivity index (χ0n) is 19.1. The first-order chi connectivity index (χ1) is 17.0. The number of nitro benzene ring substituents is 1. The lowest BCUT2D eigenvalue weighted by Gasteiger charge is -2.23. The van der Waals surface area contributed by atoms with Gasteiger partial charge in [0.2, 0.25) is 6.79 Å². The van der Waals surface area contributed by atoms with E-state index in [0.717, 1.165) is 5.56 Å². The Morgan fingerprint density at radius 2 is 1.83 bits per heavy atom. The second-order valence-corrected chi connectivity index (χ2v) is 7.75. The summed E-state index contributed by atoms with van der Waals surface area (Å²) >= 11 is 0. The smallest absolute Gasteiger partial charge is 0.278 e. The van der Waals surface area contributed by atoms with E-state index in [-0.39, 0.29) is 38.0 Å². The molecule has 2 N–H and O–H groups in total. The second kappa shape index (κ2) is 10.7. The van der Waals surface area contributed by atoms with Crippen LogP contribution in [0, 0.1) is 10.1 Å². The molecule has 0 spiro atoms. The summed E-state index contributed by atoms with van der Waals surface area (Å²) in [6, 6.07) is 17.4. The van der Waals surface area contributed by atoms with Crippen LogP contribution in [0.25, 0.3) is 0 Å². The highest BCUT2D eigenvalue weighted by molar-refractivity contribution is 5.95. The van der Waals surface area contributed by atoms with Crippen LogP contribution in [0.5, 0.6) is 23.0 Å². The Hall–Kier alpha value is -4.31. The zero-order chi connectivity index (χ0) is 24.8. The number of benzene rings is 3. The number of ether oxygens (including phenoxy) is 4. The predicted octanol–water partition coefficient (Wildman–Crippen LogP) is 3.51. The third kappa shape index (κ3) is 5.44. The van der Waals surface area contributed by atoms with E-state index in [2.05, 4.69) is 0 Å². The van der Waals surface area contributed by atoms with E-state index in [9.17, 15) is 14.9 Å². The molecule has 3 aromatic rings. The number of nitrogens with two attached hydrogens (primary N) is 1. The van der Waals surface area contributed by atoms with Crippen molar-refractivity contribution < 1.29 is 28.7 Å². The largest absolute Gasteiger partial charge is 0.493 e. The minimum atomic E-state index is -0.510. The maximum Gasteiger partial charge on any atom is 0.278 e. The molecular weight excluding hydrogens is 454 g/mol. The molecule has 3 aromatic carbocycles. The summed E-state index contributed by atoms with van der Waals surface area (Å²) in [6.45, 7) is 0.674. The van der Waals surface area contributed by atoms with Gasteiger partial charge in [-0.3, -0.25) is 14.9 Å². The second-order valence-electron chi connectivity index (χ2n) is 7.75. The van der Waals surface area contributed by atoms with Crippen LogP contribution in [-0.4, -0.2) is 42.7 Å². The van der Waals surface area contributed by atoms with Crippen LogP contribution in [0.2, 0.25) is 0 Å². The van der Waals surface area contributed by atoms with E-state index in [1.807, 2.05) is 30.3 Å². The third-order valence-corrected chi connectivity index (χ3v) is 5.47. The van der Waals surface area contributed by atoms with Crippen LogP contribution < -0.4 is 24.7 Å². The molecule has 0 fully saturated rings. The number of nitrogens with zero attached hydrogens (tertiary/aromatic N) is 2. The molecule has 0 radical (unpaired) electrons. The van der Waals surface area contributed by atoms with Crippen molar-refractivity contribution in [2.24, 2.45) is 5.73 Å². The molecule has 1 aliphatic rings. The molecule has 10 heteroatoms. The summed E-state index contributed by atoms with van der Waals surface area (Å²) in [5.41, 5.74) is 7.23. The Morgan fingerprint density at radius 3 is 2.51 bits per heavy atom. The molecule has 35 heavy (non-hydrogen) atoms. The van der Waals surface area contributed by atoms with Gasteiger partial charge in [-0.05, 0) is 29.8 Å². The minimum absolute atomic E-state index is 0.0140. The molecule has 1 heterocycles. The van der Waals surface area contributed by atoms with E-state index in [1.165, 1.54) is 24.1 Å². The van der Waals surface area contributed by atoms with E-state index >= 15 is 0 Å². The molecule has 182 valence electrons. The van der Waals surface area contributed by atoms with Crippen LogP contribution in [-0.2, 0) is 13.2 Å². The maximum absolute atomic E-state index is 13.4. The fourth-order valence-electron chi connectivity index (χ4n) is 3.72. The standard InChI is InChI=1S/C25H25N3O7/c1-32-22-11-18(7-8-21(22)33-15-17-5-3-2-4-6-17)25(29)27(10-9-26)14-19-12-23-24(35-16-34-23)13-20(19)28(30)31/h2-8,11-13H,9-10,14-16,26H2,1H3. The number of nitro groups is 1. The molecule has 0 unspecified atom stereocenters. The number of fused-ring (bicyclic) bond motifs is 1. The molecule has 0 aliphatic carbocycles. The molecule has 1 aliphatic heterocycles. The van der Waals surface area contributed by atoms with Crippen LogP contribution in [0.15, 0.2) is 60.7 Å². The van der Waals surface area contributed by atoms with Gasteiger partial charge in [0.15, 0.2) is 23.0 Å². The van der Waals surface area contributed by atoms with Crippen LogP contribution in [0.3, 0.4) is 0 Å². The Morgan fingerprint density at radius 1 is 1.09 bits per heavy atom. The fraction of sp³-hybridized carbons (Fsp3) is 0.240. The van der Waals surface area contributed by atoms with Crippen molar-refractivity contribution in [1.82, 2.24) is 4.90 Å². The lowest BCUT2D eigenvalue weighted by atomic mass is 10.1. The van der Waals surface area contributed by atoms with Gasteiger partial charge < -0.3 is 29.6 Å². The predicted molar refractivity (Wildman–Crippen MR) is 127 cm³/mol. The zero-order valence-corrected chi connectivity index (χ0v) is 19.1. The van der Waals surface area contributed by atoms with Crippen molar-refractivity contribution in [2.45, 2.75) is 13.2 Å². The Balaban J connectivity index is 1.56. The molecule has 0 saturated heterocycles. The molecular formula is C25H25N3O7. The highest BCUT2D eigenvalue weighted by atomic mass is 16.7. The Bertz CT molecular complexity index is 1220. The molecule has 1 amide bonds. The number of methoxy groups -OCH3 is 1. The van der Waals surface area contributed by atoms with Gasteiger partial charge in [-0.15, -0.1) is 0 Å². The number of rotatable bonds is 10.